The zero-order chi connectivity index (χ0) is 21.4. The van der Waals surface area contributed by atoms with Crippen molar-refractivity contribution in [3.63, 3.8) is 0 Å². The van der Waals surface area contributed by atoms with Crippen LogP contribution in [-0.4, -0.2) is 63.9 Å². The number of halogens is 1. The van der Waals surface area contributed by atoms with E-state index in [2.05, 4.69) is 0 Å². The van der Waals surface area contributed by atoms with Gasteiger partial charge in [0, 0.05) is 16.2 Å². The summed E-state index contributed by atoms with van der Waals surface area (Å²) in [7, 11) is 0. The zero-order valence-corrected chi connectivity index (χ0v) is 16.2. The summed E-state index contributed by atoms with van der Waals surface area (Å²) in [5.41, 5.74) is -0.249. The summed E-state index contributed by atoms with van der Waals surface area (Å²) < 4.78 is 30.6. The van der Waals surface area contributed by atoms with Gasteiger partial charge in [-0.15, -0.1) is 11.3 Å². The fraction of sp³-hybridized carbons (Fsp3) is 0.350. The van der Waals surface area contributed by atoms with Gasteiger partial charge in [0.15, 0.2) is 0 Å². The maximum absolute atomic E-state index is 14.5. The fourth-order valence-corrected chi connectivity index (χ4v) is 4.00. The molecular formula is C20H19FO8S. The zero-order valence-electron chi connectivity index (χ0n) is 15.4. The third-order valence-corrected chi connectivity index (χ3v) is 5.73. The third kappa shape index (κ3) is 3.97. The molecule has 2 aromatic heterocycles. The van der Waals surface area contributed by atoms with Gasteiger partial charge in [-0.3, -0.25) is 0 Å². The van der Waals surface area contributed by atoms with E-state index in [1.54, 1.807) is 12.1 Å². The molecule has 1 aliphatic heterocycles. The summed E-state index contributed by atoms with van der Waals surface area (Å²) in [6, 6.07) is 5.07. The molecule has 2 aliphatic rings. The highest BCUT2D eigenvalue weighted by molar-refractivity contribution is 7.13. The first-order valence-electron chi connectivity index (χ1n) is 9.12. The van der Waals surface area contributed by atoms with Crippen LogP contribution in [0.15, 0.2) is 44.6 Å². The molecule has 1 saturated heterocycles. The molecule has 30 heavy (non-hydrogen) atoms. The lowest BCUT2D eigenvalue weighted by molar-refractivity contribution is -0.290. The monoisotopic (exact) mass is 438 g/mol. The van der Waals surface area contributed by atoms with Crippen molar-refractivity contribution >= 4 is 23.5 Å². The molecule has 0 bridgehead atoms. The van der Waals surface area contributed by atoms with Gasteiger partial charge in [0.1, 0.15) is 41.8 Å². The number of allylic oxidation sites excluding steroid dienone is 2. The van der Waals surface area contributed by atoms with Gasteiger partial charge < -0.3 is 34.3 Å². The largest absolute Gasteiger partial charge is 0.462 e. The number of hydrogen-bond acceptors (Lipinski definition) is 9. The Morgan fingerprint density at radius 2 is 1.97 bits per heavy atom. The summed E-state index contributed by atoms with van der Waals surface area (Å²) >= 11 is 1.35. The van der Waals surface area contributed by atoms with Crippen LogP contribution in [-0.2, 0) is 9.47 Å². The van der Waals surface area contributed by atoms with Crippen molar-refractivity contribution in [3.8, 4) is 10.4 Å². The van der Waals surface area contributed by atoms with E-state index in [4.69, 9.17) is 13.9 Å². The number of fused-ring (bicyclic) bond motifs is 1. The maximum atomic E-state index is 14.5. The maximum Gasteiger partial charge on any atom is 0.345 e. The highest BCUT2D eigenvalue weighted by Gasteiger charge is 2.44. The molecule has 10 heteroatoms. The number of aliphatic hydroxyl groups excluding tert-OH is 4. The van der Waals surface area contributed by atoms with Crippen molar-refractivity contribution < 1.29 is 38.7 Å². The van der Waals surface area contributed by atoms with Crippen LogP contribution in [0.4, 0.5) is 4.39 Å². The van der Waals surface area contributed by atoms with Crippen molar-refractivity contribution in [2.24, 2.45) is 0 Å². The van der Waals surface area contributed by atoms with Crippen LogP contribution in [0.1, 0.15) is 0 Å². The lowest BCUT2D eigenvalue weighted by Crippen LogP contribution is -2.59. The van der Waals surface area contributed by atoms with E-state index in [-0.39, 0.29) is 11.2 Å². The van der Waals surface area contributed by atoms with Crippen LogP contribution in [0, 0.1) is 0 Å². The Labute approximate surface area is 173 Å². The first kappa shape index (κ1) is 20.9. The first-order chi connectivity index (χ1) is 14.4. The molecule has 0 saturated carbocycles. The molecule has 8 nitrogen and oxygen atoms in total. The Morgan fingerprint density at radius 1 is 1.17 bits per heavy atom. The van der Waals surface area contributed by atoms with Crippen LogP contribution in [0.3, 0.4) is 0 Å². The molecule has 0 amide bonds. The van der Waals surface area contributed by atoms with E-state index in [1.165, 1.54) is 29.6 Å². The van der Waals surface area contributed by atoms with E-state index in [9.17, 15) is 29.6 Å². The minimum absolute atomic E-state index is 0.0521. The van der Waals surface area contributed by atoms with Crippen molar-refractivity contribution in [1.29, 1.82) is 0 Å². The van der Waals surface area contributed by atoms with Gasteiger partial charge in [0.2, 0.25) is 6.29 Å². The van der Waals surface area contributed by atoms with Gasteiger partial charge in [0.25, 0.3) is 0 Å². The Balaban J connectivity index is 1.67. The number of alkyl halides is 1. The van der Waals surface area contributed by atoms with Crippen LogP contribution >= 0.6 is 11.3 Å². The van der Waals surface area contributed by atoms with E-state index < -0.39 is 49.1 Å². The van der Waals surface area contributed by atoms with Gasteiger partial charge in [-0.25, -0.2) is 9.18 Å². The highest BCUT2D eigenvalue weighted by Crippen LogP contribution is 2.25. The van der Waals surface area contributed by atoms with Crippen LogP contribution in [0.2, 0.25) is 0 Å². The molecule has 2 aromatic rings. The quantitative estimate of drug-likeness (QED) is 0.478. The van der Waals surface area contributed by atoms with Gasteiger partial charge in [-0.05, 0) is 29.7 Å². The molecule has 1 fully saturated rings. The predicted molar refractivity (Wildman–Crippen MR) is 104 cm³/mol. The summed E-state index contributed by atoms with van der Waals surface area (Å²) in [5.74, 6) is -0.117. The number of rotatable bonds is 4. The molecule has 3 heterocycles. The predicted octanol–water partition coefficient (Wildman–Crippen LogP) is -1.02. The number of ether oxygens (including phenoxy) is 2. The standard InChI is InChI=1S/C20H19FO8S/c21-10-4-9-5-12(15-2-1-3-30-15)19(26)28-13(9)7-11(6-10)27-20-18(25)17(24)16(23)14(8-22)29-20/h1-7,10,14,16-18,20,22-25H,8H2. The topological polar surface area (TPSA) is 130 Å². The van der Waals surface area contributed by atoms with Crippen LogP contribution < -0.4 is 16.3 Å². The van der Waals surface area contributed by atoms with Gasteiger partial charge in [0.05, 0.1) is 12.2 Å². The highest BCUT2D eigenvalue weighted by atomic mass is 32.1. The fourth-order valence-electron chi connectivity index (χ4n) is 3.27. The Bertz CT molecular complexity index is 1110. The van der Waals surface area contributed by atoms with Crippen molar-refractivity contribution in [2.45, 2.75) is 36.9 Å². The third-order valence-electron chi connectivity index (χ3n) is 4.83. The average Bonchev–Trinajstić information content (AvgIpc) is 3.19. The second kappa shape index (κ2) is 8.42. The molecule has 1 aliphatic carbocycles. The summed E-state index contributed by atoms with van der Waals surface area (Å²) in [4.78, 5) is 13.1. The Morgan fingerprint density at radius 3 is 2.67 bits per heavy atom. The van der Waals surface area contributed by atoms with Crippen molar-refractivity contribution in [2.75, 3.05) is 6.61 Å². The van der Waals surface area contributed by atoms with E-state index in [0.29, 0.717) is 15.7 Å². The molecular weight excluding hydrogens is 419 g/mol. The summed E-state index contributed by atoms with van der Waals surface area (Å²) in [5, 5.41) is 41.3. The van der Waals surface area contributed by atoms with Crippen molar-refractivity contribution in [3.05, 3.63) is 56.5 Å². The molecule has 0 radical (unpaired) electrons. The SMILES string of the molecule is O=c1oc2c(cc1-c1cccs1)=CC(F)C=C(OC1OC(CO)C(O)C(O)C1O)C=2. The normalized spacial score (nSPS) is 31.0. The first-order valence-corrected chi connectivity index (χ1v) is 10.00. The number of thiophene rings is 1. The molecule has 6 atom stereocenters. The molecule has 0 spiro atoms. The van der Waals surface area contributed by atoms with Crippen LogP contribution in [0.5, 0.6) is 0 Å². The van der Waals surface area contributed by atoms with Crippen LogP contribution in [0.25, 0.3) is 22.6 Å². The molecule has 160 valence electrons. The number of hydrogen-bond donors (Lipinski definition) is 4. The molecule has 0 aromatic carbocycles. The summed E-state index contributed by atoms with van der Waals surface area (Å²) in [6.07, 6.45) is -5.53. The average molecular weight is 438 g/mol. The minimum Gasteiger partial charge on any atom is -0.462 e. The lowest BCUT2D eigenvalue weighted by Gasteiger charge is -2.39. The van der Waals surface area contributed by atoms with Gasteiger partial charge in [-0.1, -0.05) is 6.07 Å². The summed E-state index contributed by atoms with van der Waals surface area (Å²) in [6.45, 7) is -0.629. The minimum atomic E-state index is -1.66. The molecule has 6 unspecified atom stereocenters. The van der Waals surface area contributed by atoms with Gasteiger partial charge in [-0.2, -0.15) is 0 Å². The molecule has 4 N–H and O–H groups in total. The second-order valence-electron chi connectivity index (χ2n) is 6.88. The smallest absolute Gasteiger partial charge is 0.345 e. The van der Waals surface area contributed by atoms with E-state index in [0.717, 1.165) is 6.08 Å². The molecule has 4 rings (SSSR count). The van der Waals surface area contributed by atoms with E-state index >= 15 is 0 Å². The Kier molecular flexibility index (Phi) is 5.87. The van der Waals surface area contributed by atoms with Crippen molar-refractivity contribution in [1.82, 2.24) is 0 Å². The second-order valence-corrected chi connectivity index (χ2v) is 7.83. The number of aliphatic hydroxyl groups is 4. The van der Waals surface area contributed by atoms with E-state index in [1.807, 2.05) is 5.38 Å². The lowest BCUT2D eigenvalue weighted by atomic mass is 9.99. The Hall–Kier alpha value is -2.34. The van der Waals surface area contributed by atoms with Gasteiger partial charge >= 0.3 is 5.63 Å².